The van der Waals surface area contributed by atoms with Gasteiger partial charge in [0.2, 0.25) is 0 Å². The molecule has 20 heavy (non-hydrogen) atoms. The van der Waals surface area contributed by atoms with Crippen LogP contribution in [0.15, 0.2) is 28.7 Å². The van der Waals surface area contributed by atoms with Crippen LogP contribution in [0.3, 0.4) is 0 Å². The third-order valence-corrected chi connectivity index (χ3v) is 3.35. The van der Waals surface area contributed by atoms with Crippen molar-refractivity contribution in [1.29, 1.82) is 0 Å². The van der Waals surface area contributed by atoms with Crippen LogP contribution in [0.4, 0.5) is 0 Å². The summed E-state index contributed by atoms with van der Waals surface area (Å²) in [6.07, 6.45) is -0.835. The first-order valence-corrected chi connectivity index (χ1v) is 6.98. The number of β-amino-alcohol motifs (C(OH)–C–C–N with tert-alkyl or cyclic N) is 1. The first kappa shape index (κ1) is 17.4. The molecule has 0 aliphatic heterocycles. The Morgan fingerprint density at radius 1 is 1.20 bits per heavy atom. The van der Waals surface area contributed by atoms with Crippen LogP contribution >= 0.6 is 15.9 Å². The van der Waals surface area contributed by atoms with Crippen LogP contribution in [0.2, 0.25) is 0 Å². The molecule has 0 radical (unpaired) electrons. The molecule has 0 amide bonds. The summed E-state index contributed by atoms with van der Waals surface area (Å²) >= 11 is 3.32. The van der Waals surface area contributed by atoms with E-state index in [1.54, 1.807) is 12.1 Å². The number of ether oxygens (including phenoxy) is 1. The molecule has 7 heteroatoms. The highest BCUT2D eigenvalue weighted by atomic mass is 79.9. The van der Waals surface area contributed by atoms with Gasteiger partial charge in [0, 0.05) is 11.0 Å². The molecule has 0 saturated carbocycles. The van der Waals surface area contributed by atoms with Crippen molar-refractivity contribution < 1.29 is 25.2 Å². The highest BCUT2D eigenvalue weighted by Crippen LogP contribution is 2.17. The first-order chi connectivity index (χ1) is 9.55. The molecule has 0 aromatic heterocycles. The van der Waals surface area contributed by atoms with E-state index in [1.807, 2.05) is 12.1 Å². The minimum atomic E-state index is -1.20. The van der Waals surface area contributed by atoms with E-state index in [-0.39, 0.29) is 13.2 Å². The number of hydrogen-bond acceptors (Lipinski definition) is 6. The van der Waals surface area contributed by atoms with Gasteiger partial charge in [-0.25, -0.2) is 0 Å². The molecule has 0 fully saturated rings. The lowest BCUT2D eigenvalue weighted by Gasteiger charge is -2.29. The van der Waals surface area contributed by atoms with Gasteiger partial charge < -0.3 is 30.5 Å². The number of benzene rings is 1. The lowest BCUT2D eigenvalue weighted by atomic mass is 10.0. The van der Waals surface area contributed by atoms with E-state index in [0.29, 0.717) is 5.75 Å². The summed E-state index contributed by atoms with van der Waals surface area (Å²) in [7, 11) is 0. The summed E-state index contributed by atoms with van der Waals surface area (Å²) in [5, 5.41) is 39.9. The fourth-order valence-electron chi connectivity index (χ4n) is 1.46. The largest absolute Gasteiger partial charge is 0.491 e. The standard InChI is InChI=1S/C13H20BrNO5/c14-10-2-1-3-12(4-10)20-6-11(19)5-15-13(7-16,8-17)9-18/h1-4,11,15-19H,5-9H2. The van der Waals surface area contributed by atoms with Gasteiger partial charge in [-0.15, -0.1) is 0 Å². The fourth-order valence-corrected chi connectivity index (χ4v) is 1.84. The SMILES string of the molecule is OCC(CO)(CO)NCC(O)COc1cccc(Br)c1. The Labute approximate surface area is 126 Å². The van der Waals surface area contributed by atoms with E-state index < -0.39 is 31.5 Å². The quantitative estimate of drug-likeness (QED) is 0.411. The summed E-state index contributed by atoms with van der Waals surface area (Å²) in [5.74, 6) is 0.621. The first-order valence-electron chi connectivity index (χ1n) is 6.19. The van der Waals surface area contributed by atoms with Gasteiger partial charge in [0.1, 0.15) is 18.5 Å². The number of nitrogens with one attached hydrogen (secondary N) is 1. The zero-order chi connectivity index (χ0) is 15.0. The Morgan fingerprint density at radius 3 is 2.40 bits per heavy atom. The third kappa shape index (κ3) is 5.35. The zero-order valence-corrected chi connectivity index (χ0v) is 12.6. The maximum absolute atomic E-state index is 9.79. The summed E-state index contributed by atoms with van der Waals surface area (Å²) < 4.78 is 6.28. The zero-order valence-electron chi connectivity index (χ0n) is 11.0. The second kappa shape index (κ2) is 8.56. The van der Waals surface area contributed by atoms with E-state index in [2.05, 4.69) is 21.2 Å². The molecular weight excluding hydrogens is 330 g/mol. The molecule has 5 N–H and O–H groups in total. The van der Waals surface area contributed by atoms with Gasteiger partial charge in [0.15, 0.2) is 0 Å². The van der Waals surface area contributed by atoms with Crippen LogP contribution in [-0.2, 0) is 0 Å². The Balaban J connectivity index is 2.38. The van der Waals surface area contributed by atoms with Crippen LogP contribution in [0.5, 0.6) is 5.75 Å². The predicted molar refractivity (Wildman–Crippen MR) is 77.6 cm³/mol. The number of aliphatic hydroxyl groups excluding tert-OH is 4. The normalized spacial score (nSPS) is 13.2. The predicted octanol–water partition coefficient (Wildman–Crippen LogP) is -0.506. The average Bonchev–Trinajstić information content (AvgIpc) is 2.47. The van der Waals surface area contributed by atoms with Gasteiger partial charge in [-0.05, 0) is 18.2 Å². The molecule has 1 atom stereocenters. The van der Waals surface area contributed by atoms with Crippen molar-refractivity contribution in [2.75, 3.05) is 33.0 Å². The second-order valence-corrected chi connectivity index (χ2v) is 5.47. The molecule has 1 unspecified atom stereocenters. The molecule has 114 valence electrons. The second-order valence-electron chi connectivity index (χ2n) is 4.56. The van der Waals surface area contributed by atoms with Crippen LogP contribution in [0.25, 0.3) is 0 Å². The number of aliphatic hydroxyl groups is 4. The van der Waals surface area contributed by atoms with Crippen molar-refractivity contribution in [2.24, 2.45) is 0 Å². The van der Waals surface area contributed by atoms with Crippen molar-refractivity contribution >= 4 is 15.9 Å². The average molecular weight is 350 g/mol. The van der Waals surface area contributed by atoms with E-state index in [4.69, 9.17) is 20.1 Å². The Morgan fingerprint density at radius 2 is 1.85 bits per heavy atom. The van der Waals surface area contributed by atoms with Crippen LogP contribution in [0.1, 0.15) is 0 Å². The van der Waals surface area contributed by atoms with Gasteiger partial charge in [-0.1, -0.05) is 22.0 Å². The molecule has 0 aliphatic carbocycles. The van der Waals surface area contributed by atoms with Gasteiger partial charge in [0.25, 0.3) is 0 Å². The van der Waals surface area contributed by atoms with Crippen molar-refractivity contribution in [2.45, 2.75) is 11.6 Å². The third-order valence-electron chi connectivity index (χ3n) is 2.86. The maximum Gasteiger partial charge on any atom is 0.120 e. The minimum absolute atomic E-state index is 0.0574. The summed E-state index contributed by atoms with van der Waals surface area (Å²) in [6.45, 7) is -1.16. The van der Waals surface area contributed by atoms with Crippen LogP contribution in [0, 0.1) is 0 Å². The summed E-state index contributed by atoms with van der Waals surface area (Å²) in [6, 6.07) is 7.23. The topological polar surface area (TPSA) is 102 Å². The molecule has 1 aromatic carbocycles. The van der Waals surface area contributed by atoms with Gasteiger partial charge in [0.05, 0.1) is 25.4 Å². The lowest BCUT2D eigenvalue weighted by molar-refractivity contribution is 0.0260. The molecular formula is C13H20BrNO5. The van der Waals surface area contributed by atoms with Crippen LogP contribution in [-0.4, -0.2) is 65.0 Å². The number of halogens is 1. The lowest BCUT2D eigenvalue weighted by Crippen LogP contribution is -2.57. The van der Waals surface area contributed by atoms with Gasteiger partial charge in [-0.3, -0.25) is 0 Å². The molecule has 0 bridgehead atoms. The number of rotatable bonds is 9. The van der Waals surface area contributed by atoms with E-state index in [0.717, 1.165) is 4.47 Å². The highest BCUT2D eigenvalue weighted by Gasteiger charge is 2.28. The minimum Gasteiger partial charge on any atom is -0.491 e. The van der Waals surface area contributed by atoms with E-state index in [1.165, 1.54) is 0 Å². The molecule has 1 rings (SSSR count). The Hall–Kier alpha value is -0.700. The molecule has 0 heterocycles. The van der Waals surface area contributed by atoms with Crippen molar-refractivity contribution in [3.8, 4) is 5.75 Å². The van der Waals surface area contributed by atoms with E-state index in [9.17, 15) is 5.11 Å². The van der Waals surface area contributed by atoms with Crippen molar-refractivity contribution in [3.63, 3.8) is 0 Å². The van der Waals surface area contributed by atoms with E-state index >= 15 is 0 Å². The summed E-state index contributed by atoms with van der Waals surface area (Å²) in [5.41, 5.74) is -1.20. The Bertz CT molecular complexity index is 392. The summed E-state index contributed by atoms with van der Waals surface area (Å²) in [4.78, 5) is 0. The molecule has 0 spiro atoms. The molecule has 0 saturated heterocycles. The Kier molecular flexibility index (Phi) is 7.42. The monoisotopic (exact) mass is 349 g/mol. The molecule has 0 aliphatic rings. The van der Waals surface area contributed by atoms with Crippen molar-refractivity contribution in [1.82, 2.24) is 5.32 Å². The van der Waals surface area contributed by atoms with Gasteiger partial charge in [-0.2, -0.15) is 0 Å². The molecule has 6 nitrogen and oxygen atoms in total. The number of hydrogen-bond donors (Lipinski definition) is 5. The maximum atomic E-state index is 9.79. The highest BCUT2D eigenvalue weighted by molar-refractivity contribution is 9.10. The van der Waals surface area contributed by atoms with Crippen molar-refractivity contribution in [3.05, 3.63) is 28.7 Å². The fraction of sp³-hybridized carbons (Fsp3) is 0.538. The van der Waals surface area contributed by atoms with Crippen LogP contribution < -0.4 is 10.1 Å². The molecule has 1 aromatic rings. The van der Waals surface area contributed by atoms with Gasteiger partial charge >= 0.3 is 0 Å². The smallest absolute Gasteiger partial charge is 0.120 e.